The topological polar surface area (TPSA) is 32.5 Å². The van der Waals surface area contributed by atoms with Gasteiger partial charge in [-0.1, -0.05) is 115 Å². The molecule has 10 rings (SSSR count). The minimum Gasteiger partial charge on any atom is -0.435 e. The van der Waals surface area contributed by atoms with Gasteiger partial charge in [-0.15, -0.1) is 0 Å². The number of anilines is 4. The molecule has 2 unspecified atom stereocenters. The SMILES string of the molecule is C1=CC2c3ccccc3N(c3ccccc3)C2C=C1N(c1cccc(-c2ccccc2)c1)c1ccc2ccc3nc(-c4ccccc4)oc3c2c1. The Hall–Kier alpha value is -6.65. The van der Waals surface area contributed by atoms with Crippen LogP contribution in [-0.2, 0) is 0 Å². The summed E-state index contributed by atoms with van der Waals surface area (Å²) in [5.41, 5.74) is 12.0. The maximum Gasteiger partial charge on any atom is 0.227 e. The molecule has 4 nitrogen and oxygen atoms in total. The van der Waals surface area contributed by atoms with E-state index in [1.807, 2.05) is 30.3 Å². The number of para-hydroxylation sites is 2. The summed E-state index contributed by atoms with van der Waals surface area (Å²) in [5, 5.41) is 2.14. The molecular formula is C47H33N3O. The third-order valence-corrected chi connectivity index (χ3v) is 10.2. The highest BCUT2D eigenvalue weighted by Gasteiger charge is 2.39. The maximum absolute atomic E-state index is 6.52. The number of nitrogens with zero attached hydrogens (tertiary/aromatic N) is 3. The van der Waals surface area contributed by atoms with Gasteiger partial charge in [0, 0.05) is 45.3 Å². The van der Waals surface area contributed by atoms with Crippen LogP contribution in [0.15, 0.2) is 198 Å². The molecule has 2 atom stereocenters. The quantitative estimate of drug-likeness (QED) is 0.178. The van der Waals surface area contributed by atoms with Crippen LogP contribution in [0.5, 0.6) is 0 Å². The number of benzene rings is 7. The van der Waals surface area contributed by atoms with E-state index >= 15 is 0 Å². The predicted molar refractivity (Wildman–Crippen MR) is 210 cm³/mol. The molecule has 0 fully saturated rings. The molecule has 1 aliphatic carbocycles. The fourth-order valence-electron chi connectivity index (χ4n) is 7.81. The normalized spacial score (nSPS) is 16.2. The van der Waals surface area contributed by atoms with Crippen LogP contribution in [0.4, 0.5) is 22.7 Å². The first-order valence-corrected chi connectivity index (χ1v) is 17.5. The van der Waals surface area contributed by atoms with Gasteiger partial charge in [0.1, 0.15) is 5.52 Å². The first-order chi connectivity index (χ1) is 25.3. The van der Waals surface area contributed by atoms with E-state index in [9.17, 15) is 0 Å². The zero-order chi connectivity index (χ0) is 33.7. The molecule has 0 N–H and O–H groups in total. The van der Waals surface area contributed by atoms with Gasteiger partial charge in [0.2, 0.25) is 5.89 Å². The molecule has 1 aromatic heterocycles. The van der Waals surface area contributed by atoms with Gasteiger partial charge in [0.25, 0.3) is 0 Å². The minimum absolute atomic E-state index is 0.111. The van der Waals surface area contributed by atoms with Crippen molar-refractivity contribution in [1.29, 1.82) is 0 Å². The first-order valence-electron chi connectivity index (χ1n) is 17.5. The molecular weight excluding hydrogens is 623 g/mol. The standard InChI is InChI=1S/C47H33N3O/c1-4-13-32(14-5-1)35-17-12-20-37(29-35)49(38-25-23-33-24-28-43-46(42(33)30-38)51-47(48-43)34-15-6-2-7-16-34)39-26-27-41-40-21-10-11-22-44(40)50(45(41)31-39)36-18-8-3-9-19-36/h1-31,41,45H. The van der Waals surface area contributed by atoms with E-state index in [1.54, 1.807) is 0 Å². The summed E-state index contributed by atoms with van der Waals surface area (Å²) in [4.78, 5) is 9.76. The molecule has 4 heteroatoms. The number of aromatic nitrogens is 1. The molecule has 8 aromatic rings. The molecule has 2 heterocycles. The summed E-state index contributed by atoms with van der Waals surface area (Å²) < 4.78 is 6.52. The number of hydrogen-bond donors (Lipinski definition) is 0. The van der Waals surface area contributed by atoms with Gasteiger partial charge in [-0.3, -0.25) is 0 Å². The van der Waals surface area contributed by atoms with Gasteiger partial charge >= 0.3 is 0 Å². The number of fused-ring (bicyclic) bond motifs is 6. The lowest BCUT2D eigenvalue weighted by Crippen LogP contribution is -2.31. The lowest BCUT2D eigenvalue weighted by molar-refractivity contribution is 0.623. The van der Waals surface area contributed by atoms with Gasteiger partial charge in [0.15, 0.2) is 5.58 Å². The smallest absolute Gasteiger partial charge is 0.227 e. The predicted octanol–water partition coefficient (Wildman–Crippen LogP) is 12.2. The second-order valence-corrected chi connectivity index (χ2v) is 13.2. The Labute approximate surface area is 296 Å². The van der Waals surface area contributed by atoms with Gasteiger partial charge in [-0.05, 0) is 94.9 Å². The highest BCUT2D eigenvalue weighted by molar-refractivity contribution is 6.05. The number of oxazole rings is 1. The summed E-state index contributed by atoms with van der Waals surface area (Å²) in [5.74, 6) is 0.867. The van der Waals surface area contributed by atoms with Crippen molar-refractivity contribution < 1.29 is 4.42 Å². The van der Waals surface area contributed by atoms with Crippen molar-refractivity contribution in [2.24, 2.45) is 0 Å². The van der Waals surface area contributed by atoms with Crippen LogP contribution in [0.1, 0.15) is 11.5 Å². The fourth-order valence-corrected chi connectivity index (χ4v) is 7.81. The van der Waals surface area contributed by atoms with Crippen LogP contribution in [0.25, 0.3) is 44.5 Å². The molecule has 0 bridgehead atoms. The van der Waals surface area contributed by atoms with Gasteiger partial charge in [-0.25, -0.2) is 4.98 Å². The molecule has 242 valence electrons. The molecule has 0 spiro atoms. The zero-order valence-corrected chi connectivity index (χ0v) is 27.8. The molecule has 7 aromatic carbocycles. The third-order valence-electron chi connectivity index (χ3n) is 10.2. The van der Waals surface area contributed by atoms with Crippen LogP contribution < -0.4 is 9.80 Å². The molecule has 0 saturated heterocycles. The van der Waals surface area contributed by atoms with E-state index in [4.69, 9.17) is 9.40 Å². The summed E-state index contributed by atoms with van der Waals surface area (Å²) in [6, 6.07) is 60.1. The molecule has 1 aliphatic heterocycles. The van der Waals surface area contributed by atoms with E-state index in [1.165, 1.54) is 28.1 Å². The zero-order valence-electron chi connectivity index (χ0n) is 27.8. The van der Waals surface area contributed by atoms with Crippen molar-refractivity contribution in [3.8, 4) is 22.6 Å². The van der Waals surface area contributed by atoms with E-state index in [0.29, 0.717) is 5.89 Å². The second-order valence-electron chi connectivity index (χ2n) is 13.2. The van der Waals surface area contributed by atoms with Crippen LogP contribution >= 0.6 is 0 Å². The summed E-state index contributed by atoms with van der Waals surface area (Å²) in [6.07, 6.45) is 7.13. The lowest BCUT2D eigenvalue weighted by atomic mass is 9.89. The van der Waals surface area contributed by atoms with Crippen molar-refractivity contribution in [3.63, 3.8) is 0 Å². The first kappa shape index (κ1) is 29.3. The van der Waals surface area contributed by atoms with Crippen molar-refractivity contribution >= 4 is 44.6 Å². The van der Waals surface area contributed by atoms with Crippen molar-refractivity contribution in [3.05, 3.63) is 199 Å². The average Bonchev–Trinajstić information content (AvgIpc) is 3.79. The largest absolute Gasteiger partial charge is 0.435 e. The Balaban J connectivity index is 1.15. The summed E-state index contributed by atoms with van der Waals surface area (Å²) in [6.45, 7) is 0. The molecule has 0 saturated carbocycles. The number of rotatable bonds is 6. The van der Waals surface area contributed by atoms with E-state index in [-0.39, 0.29) is 12.0 Å². The molecule has 2 aliphatic rings. The Morgan fingerprint density at radius 2 is 1.27 bits per heavy atom. The minimum atomic E-state index is 0.111. The van der Waals surface area contributed by atoms with Crippen molar-refractivity contribution in [2.75, 3.05) is 9.80 Å². The van der Waals surface area contributed by atoms with Crippen LogP contribution in [0, 0.1) is 0 Å². The maximum atomic E-state index is 6.52. The van der Waals surface area contributed by atoms with Crippen LogP contribution in [0.2, 0.25) is 0 Å². The Morgan fingerprint density at radius 1 is 0.588 bits per heavy atom. The highest BCUT2D eigenvalue weighted by atomic mass is 16.3. The Morgan fingerprint density at radius 3 is 2.10 bits per heavy atom. The third kappa shape index (κ3) is 5.03. The second kappa shape index (κ2) is 12.0. The molecule has 0 amide bonds. The van der Waals surface area contributed by atoms with E-state index in [2.05, 4.69) is 168 Å². The van der Waals surface area contributed by atoms with Crippen molar-refractivity contribution in [1.82, 2.24) is 4.98 Å². The monoisotopic (exact) mass is 655 g/mol. The van der Waals surface area contributed by atoms with Gasteiger partial charge < -0.3 is 14.2 Å². The van der Waals surface area contributed by atoms with E-state index in [0.717, 1.165) is 44.5 Å². The lowest BCUT2D eigenvalue weighted by Gasteiger charge is -2.34. The average molecular weight is 656 g/mol. The highest BCUT2D eigenvalue weighted by Crippen LogP contribution is 2.49. The number of allylic oxidation sites excluding steroid dienone is 1. The van der Waals surface area contributed by atoms with Crippen molar-refractivity contribution in [2.45, 2.75) is 12.0 Å². The molecule has 0 radical (unpaired) electrons. The van der Waals surface area contributed by atoms with Gasteiger partial charge in [-0.2, -0.15) is 0 Å². The van der Waals surface area contributed by atoms with E-state index < -0.39 is 0 Å². The Kier molecular flexibility index (Phi) is 6.91. The van der Waals surface area contributed by atoms with Crippen LogP contribution in [0.3, 0.4) is 0 Å². The molecule has 51 heavy (non-hydrogen) atoms. The Bertz CT molecular complexity index is 2610. The summed E-state index contributed by atoms with van der Waals surface area (Å²) in [7, 11) is 0. The van der Waals surface area contributed by atoms with Crippen LogP contribution in [-0.4, -0.2) is 11.0 Å². The number of hydrogen-bond acceptors (Lipinski definition) is 4. The fraction of sp³-hybridized carbons (Fsp3) is 0.0426. The van der Waals surface area contributed by atoms with Gasteiger partial charge in [0.05, 0.1) is 6.04 Å². The summed E-state index contributed by atoms with van der Waals surface area (Å²) >= 11 is 0.